The standard InChI is InChI=1S/C19H14N2O4/c22-17-9-10-21(18(23)20-17)19(24)25-11-16-14-7-3-1-5-12(14)13-6-2-4-8-15(13)16/h1-10,16H,11H2,(H,20,22,23). The molecule has 0 amide bonds. The summed E-state index contributed by atoms with van der Waals surface area (Å²) in [6, 6.07) is 17.1. The van der Waals surface area contributed by atoms with Crippen LogP contribution in [-0.2, 0) is 4.74 Å². The van der Waals surface area contributed by atoms with Gasteiger partial charge in [0.1, 0.15) is 6.61 Å². The van der Waals surface area contributed by atoms with E-state index in [1.165, 1.54) is 0 Å². The van der Waals surface area contributed by atoms with Crippen molar-refractivity contribution in [1.29, 1.82) is 0 Å². The van der Waals surface area contributed by atoms with Crippen LogP contribution in [0.25, 0.3) is 11.1 Å². The number of aromatic amines is 1. The molecule has 0 saturated carbocycles. The maximum absolute atomic E-state index is 12.2. The summed E-state index contributed by atoms with van der Waals surface area (Å²) >= 11 is 0. The van der Waals surface area contributed by atoms with E-state index < -0.39 is 17.3 Å². The van der Waals surface area contributed by atoms with Crippen LogP contribution in [0.4, 0.5) is 4.79 Å². The van der Waals surface area contributed by atoms with Gasteiger partial charge in [-0.25, -0.2) is 14.2 Å². The highest BCUT2D eigenvalue weighted by Crippen LogP contribution is 2.44. The molecule has 0 aliphatic heterocycles. The van der Waals surface area contributed by atoms with E-state index in [4.69, 9.17) is 4.74 Å². The lowest BCUT2D eigenvalue weighted by atomic mass is 9.98. The van der Waals surface area contributed by atoms with Gasteiger partial charge in [0.05, 0.1) is 0 Å². The topological polar surface area (TPSA) is 81.2 Å². The van der Waals surface area contributed by atoms with Crippen molar-refractivity contribution in [1.82, 2.24) is 9.55 Å². The summed E-state index contributed by atoms with van der Waals surface area (Å²) in [4.78, 5) is 37.0. The van der Waals surface area contributed by atoms with Crippen LogP contribution in [0, 0.1) is 0 Å². The summed E-state index contributed by atoms with van der Waals surface area (Å²) in [6.07, 6.45) is 0.295. The van der Waals surface area contributed by atoms with Crippen LogP contribution in [0.2, 0.25) is 0 Å². The highest BCUT2D eigenvalue weighted by Gasteiger charge is 2.29. The van der Waals surface area contributed by atoms with Crippen LogP contribution in [0.3, 0.4) is 0 Å². The molecule has 0 radical (unpaired) electrons. The molecule has 3 aromatic rings. The average Bonchev–Trinajstić information content (AvgIpc) is 2.94. The molecule has 0 bridgehead atoms. The lowest BCUT2D eigenvalue weighted by Crippen LogP contribution is -2.34. The van der Waals surface area contributed by atoms with Gasteiger partial charge in [-0.1, -0.05) is 48.5 Å². The molecule has 0 fully saturated rings. The normalized spacial score (nSPS) is 12.5. The van der Waals surface area contributed by atoms with Crippen LogP contribution < -0.4 is 11.2 Å². The largest absolute Gasteiger partial charge is 0.448 e. The second-order valence-electron chi connectivity index (χ2n) is 5.78. The number of ether oxygens (including phenoxy) is 1. The molecule has 1 aliphatic rings. The van der Waals surface area contributed by atoms with Gasteiger partial charge < -0.3 is 4.74 Å². The van der Waals surface area contributed by atoms with Crippen molar-refractivity contribution in [2.45, 2.75) is 5.92 Å². The van der Waals surface area contributed by atoms with Gasteiger partial charge in [-0.2, -0.15) is 0 Å². The molecule has 6 heteroatoms. The van der Waals surface area contributed by atoms with Crippen molar-refractivity contribution in [3.63, 3.8) is 0 Å². The highest BCUT2D eigenvalue weighted by molar-refractivity contribution is 5.79. The Hall–Kier alpha value is -3.41. The molecule has 1 N–H and O–H groups in total. The van der Waals surface area contributed by atoms with Gasteiger partial charge in [-0.15, -0.1) is 0 Å². The summed E-state index contributed by atoms with van der Waals surface area (Å²) in [6.45, 7) is 0.110. The fourth-order valence-electron chi connectivity index (χ4n) is 3.22. The molecule has 6 nitrogen and oxygen atoms in total. The molecule has 1 aromatic heterocycles. The van der Waals surface area contributed by atoms with Crippen molar-refractivity contribution in [2.24, 2.45) is 0 Å². The van der Waals surface area contributed by atoms with Crippen LogP contribution in [0.15, 0.2) is 70.4 Å². The first kappa shape index (κ1) is 15.1. The Morgan fingerprint density at radius 2 is 1.56 bits per heavy atom. The second-order valence-corrected chi connectivity index (χ2v) is 5.78. The quantitative estimate of drug-likeness (QED) is 0.780. The Morgan fingerprint density at radius 3 is 2.16 bits per heavy atom. The molecule has 124 valence electrons. The zero-order chi connectivity index (χ0) is 17.4. The summed E-state index contributed by atoms with van der Waals surface area (Å²) < 4.78 is 6.09. The lowest BCUT2D eigenvalue weighted by Gasteiger charge is -2.14. The average molecular weight is 334 g/mol. The minimum absolute atomic E-state index is 0.0881. The lowest BCUT2D eigenvalue weighted by molar-refractivity contribution is 0.143. The van der Waals surface area contributed by atoms with E-state index >= 15 is 0 Å². The molecule has 0 atom stereocenters. The van der Waals surface area contributed by atoms with Crippen molar-refractivity contribution < 1.29 is 9.53 Å². The van der Waals surface area contributed by atoms with Gasteiger partial charge in [0.2, 0.25) is 0 Å². The number of aromatic nitrogens is 2. The van der Waals surface area contributed by atoms with E-state index in [-0.39, 0.29) is 12.5 Å². The van der Waals surface area contributed by atoms with Gasteiger partial charge in [0, 0.05) is 18.2 Å². The maximum Gasteiger partial charge on any atom is 0.422 e. The van der Waals surface area contributed by atoms with Crippen molar-refractivity contribution in [3.8, 4) is 11.1 Å². The Balaban J connectivity index is 1.62. The first-order chi connectivity index (χ1) is 12.1. The Kier molecular flexibility index (Phi) is 3.57. The van der Waals surface area contributed by atoms with Crippen LogP contribution in [0.5, 0.6) is 0 Å². The first-order valence-corrected chi connectivity index (χ1v) is 7.82. The van der Waals surface area contributed by atoms with Crippen molar-refractivity contribution in [2.75, 3.05) is 6.61 Å². The number of nitrogens with one attached hydrogen (secondary N) is 1. The molecule has 25 heavy (non-hydrogen) atoms. The number of carbonyl (C=O) groups excluding carboxylic acids is 1. The maximum atomic E-state index is 12.2. The molecule has 0 saturated heterocycles. The van der Waals surface area contributed by atoms with E-state index in [0.29, 0.717) is 0 Å². The fourth-order valence-corrected chi connectivity index (χ4v) is 3.22. The zero-order valence-corrected chi connectivity index (χ0v) is 13.1. The summed E-state index contributed by atoms with van der Waals surface area (Å²) in [7, 11) is 0. The monoisotopic (exact) mass is 334 g/mol. The number of fused-ring (bicyclic) bond motifs is 3. The first-order valence-electron chi connectivity index (χ1n) is 7.82. The van der Waals surface area contributed by atoms with Gasteiger partial charge in [-0.05, 0) is 22.3 Å². The van der Waals surface area contributed by atoms with E-state index in [2.05, 4.69) is 0 Å². The molecular weight excluding hydrogens is 320 g/mol. The van der Waals surface area contributed by atoms with Gasteiger partial charge in [0.15, 0.2) is 0 Å². The molecule has 1 heterocycles. The number of hydrogen-bond acceptors (Lipinski definition) is 4. The fraction of sp³-hybridized carbons (Fsp3) is 0.105. The minimum Gasteiger partial charge on any atom is -0.448 e. The summed E-state index contributed by atoms with van der Waals surface area (Å²) in [5.41, 5.74) is 3.05. The van der Waals surface area contributed by atoms with Crippen LogP contribution in [0.1, 0.15) is 17.0 Å². The number of carbonyl (C=O) groups is 1. The smallest absolute Gasteiger partial charge is 0.422 e. The number of nitrogens with zero attached hydrogens (tertiary/aromatic N) is 1. The predicted octanol–water partition coefficient (Wildman–Crippen LogP) is 2.33. The summed E-state index contributed by atoms with van der Waals surface area (Å²) in [5, 5.41) is 0. The predicted molar refractivity (Wildman–Crippen MR) is 91.8 cm³/mol. The van der Waals surface area contributed by atoms with E-state index in [9.17, 15) is 14.4 Å². The molecule has 4 rings (SSSR count). The molecule has 0 spiro atoms. The van der Waals surface area contributed by atoms with E-state index in [0.717, 1.165) is 39.1 Å². The third kappa shape index (κ3) is 2.57. The van der Waals surface area contributed by atoms with Gasteiger partial charge >= 0.3 is 11.8 Å². The Labute approximate surface area is 142 Å². The van der Waals surface area contributed by atoms with E-state index in [1.54, 1.807) is 0 Å². The number of H-pyrrole nitrogens is 1. The molecular formula is C19H14N2O4. The third-order valence-corrected chi connectivity index (χ3v) is 4.36. The Bertz CT molecular complexity index is 1040. The SMILES string of the molecule is O=C(OCC1c2ccccc2-c2ccccc21)n1ccc(=O)[nH]c1=O. The second kappa shape index (κ2) is 5.90. The highest BCUT2D eigenvalue weighted by atomic mass is 16.5. The van der Waals surface area contributed by atoms with Gasteiger partial charge in [-0.3, -0.25) is 9.78 Å². The number of rotatable bonds is 2. The summed E-state index contributed by atoms with van der Waals surface area (Å²) in [5.74, 6) is -0.0881. The van der Waals surface area contributed by atoms with Crippen LogP contribution >= 0.6 is 0 Å². The van der Waals surface area contributed by atoms with Crippen LogP contribution in [-0.4, -0.2) is 22.3 Å². The Morgan fingerprint density at radius 1 is 0.960 bits per heavy atom. The molecule has 0 unspecified atom stereocenters. The molecule has 2 aromatic carbocycles. The number of benzene rings is 2. The van der Waals surface area contributed by atoms with E-state index in [1.807, 2.05) is 53.5 Å². The molecule has 1 aliphatic carbocycles. The zero-order valence-electron chi connectivity index (χ0n) is 13.1. The minimum atomic E-state index is -0.817. The van der Waals surface area contributed by atoms with Gasteiger partial charge in [0.25, 0.3) is 5.56 Å². The third-order valence-electron chi connectivity index (χ3n) is 4.36. The number of hydrogen-bond donors (Lipinski definition) is 1. The van der Waals surface area contributed by atoms with Crippen molar-refractivity contribution >= 4 is 6.09 Å². The van der Waals surface area contributed by atoms with Crippen molar-refractivity contribution in [3.05, 3.63) is 92.8 Å².